The van der Waals surface area contributed by atoms with Gasteiger partial charge in [0.1, 0.15) is 5.82 Å². The molecule has 0 bridgehead atoms. The van der Waals surface area contributed by atoms with Crippen LogP contribution in [-0.4, -0.2) is 37.1 Å². The summed E-state index contributed by atoms with van der Waals surface area (Å²) < 4.78 is 33.4. The number of carbonyl (C=O) groups excluding carboxylic acids is 1. The van der Waals surface area contributed by atoms with Crippen LogP contribution >= 0.6 is 23.2 Å². The highest BCUT2D eigenvalue weighted by Gasteiger charge is 2.51. The van der Waals surface area contributed by atoms with E-state index in [0.717, 1.165) is 22.3 Å². The van der Waals surface area contributed by atoms with Crippen LogP contribution < -0.4 is 9.47 Å². The molecule has 0 aromatic heterocycles. The van der Waals surface area contributed by atoms with Crippen molar-refractivity contribution in [1.82, 2.24) is 4.90 Å². The van der Waals surface area contributed by atoms with Crippen molar-refractivity contribution in [3.05, 3.63) is 92.3 Å². The summed E-state index contributed by atoms with van der Waals surface area (Å²) in [6, 6.07) is 8.20. The fraction of sp³-hybridized carbons (Fsp3) is 0.269. The molecule has 34 heavy (non-hydrogen) atoms. The van der Waals surface area contributed by atoms with Gasteiger partial charge in [-0.05, 0) is 54.0 Å². The summed E-state index contributed by atoms with van der Waals surface area (Å²) in [5.41, 5.74) is 3.42. The normalized spacial score (nSPS) is 22.9. The molecule has 2 aliphatic carbocycles. The van der Waals surface area contributed by atoms with E-state index in [9.17, 15) is 4.79 Å². The van der Waals surface area contributed by atoms with E-state index in [0.29, 0.717) is 54.9 Å². The van der Waals surface area contributed by atoms with E-state index in [4.69, 9.17) is 37.4 Å². The van der Waals surface area contributed by atoms with E-state index in [1.54, 1.807) is 11.0 Å². The zero-order chi connectivity index (χ0) is 23.4. The van der Waals surface area contributed by atoms with Crippen molar-refractivity contribution >= 4 is 29.1 Å². The van der Waals surface area contributed by atoms with Crippen LogP contribution in [0.25, 0.3) is 0 Å². The molecule has 1 spiro atoms. The van der Waals surface area contributed by atoms with Crippen LogP contribution in [0.2, 0.25) is 5.02 Å². The van der Waals surface area contributed by atoms with Crippen LogP contribution in [-0.2, 0) is 16.9 Å². The fourth-order valence-corrected chi connectivity index (χ4v) is 5.30. The van der Waals surface area contributed by atoms with E-state index in [1.165, 1.54) is 12.1 Å². The van der Waals surface area contributed by atoms with Crippen LogP contribution in [0.4, 0.5) is 4.39 Å². The Bertz CT molecular complexity index is 1310. The molecule has 1 atom stereocenters. The maximum Gasteiger partial charge on any atom is 0.306 e. The lowest BCUT2D eigenvalue weighted by Crippen LogP contribution is -2.41. The molecule has 2 aliphatic heterocycles. The lowest BCUT2D eigenvalue weighted by molar-refractivity contribution is -0.0482. The third-order valence-electron chi connectivity index (χ3n) is 6.55. The number of ether oxygens (including phenoxy) is 3. The van der Waals surface area contributed by atoms with Crippen LogP contribution in [0, 0.1) is 5.82 Å². The Labute approximate surface area is 206 Å². The Morgan fingerprint density at radius 2 is 1.79 bits per heavy atom. The predicted molar refractivity (Wildman–Crippen MR) is 126 cm³/mol. The number of allylic oxidation sites excluding steroid dienone is 4. The highest BCUT2D eigenvalue weighted by Crippen LogP contribution is 2.53. The summed E-state index contributed by atoms with van der Waals surface area (Å²) in [4.78, 5) is 14.6. The van der Waals surface area contributed by atoms with Gasteiger partial charge in [-0.25, -0.2) is 4.39 Å². The van der Waals surface area contributed by atoms with Gasteiger partial charge in [0.2, 0.25) is 0 Å². The Hall–Kier alpha value is -2.80. The first-order valence-corrected chi connectivity index (χ1v) is 11.8. The van der Waals surface area contributed by atoms with Gasteiger partial charge >= 0.3 is 5.79 Å². The van der Waals surface area contributed by atoms with Crippen LogP contribution in [0.1, 0.15) is 27.9 Å². The Balaban J connectivity index is 1.46. The summed E-state index contributed by atoms with van der Waals surface area (Å²) >= 11 is 12.6. The maximum absolute atomic E-state index is 15.1. The maximum atomic E-state index is 15.1. The number of benzene rings is 2. The lowest BCUT2D eigenvalue weighted by atomic mass is 9.87. The first kappa shape index (κ1) is 21.7. The molecule has 2 heterocycles. The second kappa shape index (κ2) is 8.15. The first-order valence-electron chi connectivity index (χ1n) is 11.1. The van der Waals surface area contributed by atoms with Gasteiger partial charge in [-0.1, -0.05) is 29.3 Å². The van der Waals surface area contributed by atoms with Gasteiger partial charge in [0, 0.05) is 46.8 Å². The number of morpholine rings is 1. The third kappa shape index (κ3) is 3.44. The molecule has 174 valence electrons. The minimum Gasteiger partial charge on any atom is -0.440 e. The molecular weight excluding hydrogens is 480 g/mol. The monoisotopic (exact) mass is 499 g/mol. The molecule has 2 aromatic carbocycles. The molecule has 6 rings (SSSR count). The number of amides is 1. The molecule has 5 nitrogen and oxygen atoms in total. The minimum absolute atomic E-state index is 0.0532. The highest BCUT2D eigenvalue weighted by molar-refractivity contribution is 6.30. The van der Waals surface area contributed by atoms with E-state index < -0.39 is 17.5 Å². The molecule has 0 radical (unpaired) electrons. The molecule has 1 unspecified atom stereocenters. The molecular formula is C26H20Cl2FNO4. The van der Waals surface area contributed by atoms with E-state index >= 15 is 4.39 Å². The average Bonchev–Trinajstić information content (AvgIpc) is 3.15. The van der Waals surface area contributed by atoms with Crippen molar-refractivity contribution in [3.8, 4) is 11.5 Å². The molecule has 4 aliphatic rings. The van der Waals surface area contributed by atoms with Gasteiger partial charge in [-0.2, -0.15) is 0 Å². The molecule has 1 saturated heterocycles. The topological polar surface area (TPSA) is 48.0 Å². The van der Waals surface area contributed by atoms with Gasteiger partial charge in [0.15, 0.2) is 11.5 Å². The summed E-state index contributed by atoms with van der Waals surface area (Å²) in [5.74, 6) is -1.85. The standard InChI is InChI=1S/C26H20Cl2FNO4/c27-17-3-5-20-15(11-17)1-2-16-12-18(28)4-6-21(16)26(20)33-23-13-19(22(29)14-24(23)34-26)25(31)30-7-9-32-10-8-30/h1,3-6,12-14H,2,7-11H2. The largest absolute Gasteiger partial charge is 0.440 e. The zero-order valence-corrected chi connectivity index (χ0v) is 19.6. The van der Waals surface area contributed by atoms with Gasteiger partial charge in [0.05, 0.1) is 18.8 Å². The van der Waals surface area contributed by atoms with Crippen molar-refractivity contribution < 1.29 is 23.4 Å². The molecule has 1 fully saturated rings. The summed E-state index contributed by atoms with van der Waals surface area (Å²) in [7, 11) is 0. The van der Waals surface area contributed by atoms with Crippen LogP contribution in [0.3, 0.4) is 0 Å². The smallest absolute Gasteiger partial charge is 0.306 e. The SMILES string of the molecule is O=C(c1cc2c(cc1F)OC1(O2)C2=CC=C(Cl)CC2=CCc2cc(Cl)ccc21)N1CCOCC1. The summed E-state index contributed by atoms with van der Waals surface area (Å²) in [6.07, 6.45) is 6.94. The van der Waals surface area contributed by atoms with Crippen molar-refractivity contribution in [3.63, 3.8) is 0 Å². The Morgan fingerprint density at radius 3 is 2.59 bits per heavy atom. The quantitative estimate of drug-likeness (QED) is 0.518. The van der Waals surface area contributed by atoms with Gasteiger partial charge < -0.3 is 19.1 Å². The lowest BCUT2D eigenvalue weighted by Gasteiger charge is -2.33. The van der Waals surface area contributed by atoms with Crippen molar-refractivity contribution in [2.24, 2.45) is 0 Å². The third-order valence-corrected chi connectivity index (χ3v) is 7.05. The summed E-state index contributed by atoms with van der Waals surface area (Å²) in [6.45, 7) is 1.69. The first-order chi connectivity index (χ1) is 16.4. The Kier molecular flexibility index (Phi) is 5.21. The molecule has 2 aromatic rings. The number of rotatable bonds is 1. The van der Waals surface area contributed by atoms with Crippen molar-refractivity contribution in [1.29, 1.82) is 0 Å². The number of hydrogen-bond acceptors (Lipinski definition) is 4. The zero-order valence-electron chi connectivity index (χ0n) is 18.1. The van der Waals surface area contributed by atoms with Crippen molar-refractivity contribution in [2.45, 2.75) is 18.6 Å². The number of hydrogen-bond donors (Lipinski definition) is 0. The highest BCUT2D eigenvalue weighted by atomic mass is 35.5. The van der Waals surface area contributed by atoms with Gasteiger partial charge in [-0.15, -0.1) is 0 Å². The molecule has 0 saturated carbocycles. The number of fused-ring (bicyclic) bond motifs is 5. The van der Waals surface area contributed by atoms with E-state index in [2.05, 4.69) is 6.08 Å². The predicted octanol–water partition coefficient (Wildman–Crippen LogP) is 5.51. The van der Waals surface area contributed by atoms with Gasteiger partial charge in [0.25, 0.3) is 5.91 Å². The molecule has 1 amide bonds. The molecule has 8 heteroatoms. The van der Waals surface area contributed by atoms with Crippen LogP contribution in [0.15, 0.2) is 64.7 Å². The average molecular weight is 500 g/mol. The van der Waals surface area contributed by atoms with E-state index in [1.807, 2.05) is 24.3 Å². The second-order valence-electron chi connectivity index (χ2n) is 8.61. The number of carbonyl (C=O) groups is 1. The fourth-order valence-electron chi connectivity index (χ4n) is 4.90. The van der Waals surface area contributed by atoms with Gasteiger partial charge in [-0.3, -0.25) is 4.79 Å². The van der Waals surface area contributed by atoms with Crippen LogP contribution in [0.5, 0.6) is 11.5 Å². The summed E-state index contributed by atoms with van der Waals surface area (Å²) in [5, 5.41) is 1.30. The molecule has 0 N–H and O–H groups in total. The number of halogens is 3. The number of nitrogens with zero attached hydrogens (tertiary/aromatic N) is 1. The second-order valence-corrected chi connectivity index (χ2v) is 9.53. The minimum atomic E-state index is -1.34. The van der Waals surface area contributed by atoms with E-state index in [-0.39, 0.29) is 11.3 Å². The van der Waals surface area contributed by atoms with Crippen molar-refractivity contribution in [2.75, 3.05) is 26.3 Å². The Morgan fingerprint density at radius 1 is 1.03 bits per heavy atom.